The second-order valence-corrected chi connectivity index (χ2v) is 11.0. The van der Waals surface area contributed by atoms with Gasteiger partial charge < -0.3 is 34.0 Å². The van der Waals surface area contributed by atoms with Crippen LogP contribution in [0.15, 0.2) is 12.1 Å². The molecule has 2 aliphatic heterocycles. The molecule has 11 heteroatoms. The average molecular weight is 563 g/mol. The number of fused-ring (bicyclic) bond motifs is 1. The first-order chi connectivity index (χ1) is 19.1. The maximum atomic E-state index is 13.6. The molecule has 3 rings (SSSR count). The molecule has 1 unspecified atom stereocenters. The van der Waals surface area contributed by atoms with Gasteiger partial charge >= 0.3 is 5.97 Å². The van der Waals surface area contributed by atoms with Crippen molar-refractivity contribution >= 4 is 17.8 Å². The van der Waals surface area contributed by atoms with Crippen LogP contribution in [0, 0.1) is 5.92 Å². The summed E-state index contributed by atoms with van der Waals surface area (Å²) in [6, 6.07) is 3.21. The molecule has 1 aromatic rings. The molecule has 40 heavy (non-hydrogen) atoms. The third kappa shape index (κ3) is 7.78. The van der Waals surface area contributed by atoms with Crippen LogP contribution in [0.3, 0.4) is 0 Å². The number of hydrogen-bond donors (Lipinski definition) is 1. The van der Waals surface area contributed by atoms with Gasteiger partial charge in [0.2, 0.25) is 24.4 Å². The Labute approximate surface area is 237 Å². The first-order valence-corrected chi connectivity index (χ1v) is 14.2. The standard InChI is InChI=1S/C29H46N4O7/c1-7-8-12-32(13-9-11-30(3)4)26(35)18-33-17-22(21-15-24(38-6)28-25(16-21)39-19-40-28)27(29(36)37)23(33)10-14-31(5)20(2)34/h15-16,22-23,27H,7-14,17-19H2,1-6H3,(H,36,37)/t22-,23+,27?/m1/s1. The van der Waals surface area contributed by atoms with Crippen molar-refractivity contribution in [3.05, 3.63) is 17.7 Å². The Morgan fingerprint density at radius 3 is 2.42 bits per heavy atom. The van der Waals surface area contributed by atoms with Crippen molar-refractivity contribution < 1.29 is 33.7 Å². The number of amides is 2. The lowest BCUT2D eigenvalue weighted by Gasteiger charge is -2.31. The summed E-state index contributed by atoms with van der Waals surface area (Å²) < 4.78 is 16.7. The Balaban J connectivity index is 1.90. The zero-order valence-electron chi connectivity index (χ0n) is 24.9. The summed E-state index contributed by atoms with van der Waals surface area (Å²) in [7, 11) is 7.28. The Kier molecular flexibility index (Phi) is 11.4. The van der Waals surface area contributed by atoms with Crippen molar-refractivity contribution in [1.82, 2.24) is 19.6 Å². The molecule has 2 heterocycles. The Morgan fingerprint density at radius 1 is 1.07 bits per heavy atom. The van der Waals surface area contributed by atoms with Crippen LogP contribution in [0.2, 0.25) is 0 Å². The van der Waals surface area contributed by atoms with Crippen LogP contribution in [-0.2, 0) is 14.4 Å². The lowest BCUT2D eigenvalue weighted by atomic mass is 9.84. The van der Waals surface area contributed by atoms with E-state index in [9.17, 15) is 19.5 Å². The minimum atomic E-state index is -0.930. The second kappa shape index (κ2) is 14.5. The predicted octanol–water partition coefficient (Wildman–Crippen LogP) is 2.34. The lowest BCUT2D eigenvalue weighted by Crippen LogP contribution is -2.46. The van der Waals surface area contributed by atoms with Crippen LogP contribution in [0.1, 0.15) is 51.0 Å². The number of nitrogens with zero attached hydrogens (tertiary/aromatic N) is 4. The molecule has 2 aliphatic rings. The van der Waals surface area contributed by atoms with E-state index in [-0.39, 0.29) is 25.2 Å². The third-order valence-corrected chi connectivity index (χ3v) is 7.95. The van der Waals surface area contributed by atoms with Gasteiger partial charge in [0.05, 0.1) is 19.6 Å². The predicted molar refractivity (Wildman–Crippen MR) is 151 cm³/mol. The number of carboxylic acids is 1. The molecule has 0 saturated carbocycles. The fourth-order valence-corrected chi connectivity index (χ4v) is 5.60. The number of unbranched alkanes of at least 4 members (excludes halogenated alkanes) is 1. The Morgan fingerprint density at radius 2 is 1.80 bits per heavy atom. The molecule has 224 valence electrons. The molecule has 2 amide bonds. The number of likely N-dealkylation sites (tertiary alicyclic amines) is 1. The summed E-state index contributed by atoms with van der Waals surface area (Å²) in [6.07, 6.45) is 3.20. The van der Waals surface area contributed by atoms with Crippen molar-refractivity contribution in [1.29, 1.82) is 0 Å². The van der Waals surface area contributed by atoms with Gasteiger partial charge in [0.15, 0.2) is 11.5 Å². The normalized spacial score (nSPS) is 20.1. The van der Waals surface area contributed by atoms with Crippen molar-refractivity contribution in [2.24, 2.45) is 5.92 Å². The highest BCUT2D eigenvalue weighted by molar-refractivity contribution is 5.79. The molecule has 0 spiro atoms. The lowest BCUT2D eigenvalue weighted by molar-refractivity contribution is -0.144. The maximum absolute atomic E-state index is 13.6. The molecule has 0 radical (unpaired) electrons. The average Bonchev–Trinajstić information content (AvgIpc) is 3.52. The van der Waals surface area contributed by atoms with Gasteiger partial charge in [-0.2, -0.15) is 0 Å². The summed E-state index contributed by atoms with van der Waals surface area (Å²) in [5.41, 5.74) is 0.766. The van der Waals surface area contributed by atoms with Crippen molar-refractivity contribution in [3.63, 3.8) is 0 Å². The second-order valence-electron chi connectivity index (χ2n) is 11.0. The Hall–Kier alpha value is -3.05. The van der Waals surface area contributed by atoms with Crippen LogP contribution in [0.4, 0.5) is 0 Å². The zero-order valence-corrected chi connectivity index (χ0v) is 24.9. The number of ether oxygens (including phenoxy) is 3. The zero-order chi connectivity index (χ0) is 29.4. The molecule has 1 aromatic carbocycles. The molecular formula is C29H46N4O7. The summed E-state index contributed by atoms with van der Waals surface area (Å²) >= 11 is 0. The number of hydrogen-bond acceptors (Lipinski definition) is 8. The van der Waals surface area contributed by atoms with Gasteiger partial charge in [-0.15, -0.1) is 0 Å². The minimum absolute atomic E-state index is 0.00480. The highest BCUT2D eigenvalue weighted by Gasteiger charge is 2.47. The molecule has 11 nitrogen and oxygen atoms in total. The maximum Gasteiger partial charge on any atom is 0.308 e. The molecular weight excluding hydrogens is 516 g/mol. The quantitative estimate of drug-likeness (QED) is 0.344. The number of carbonyl (C=O) groups is 3. The number of rotatable bonds is 15. The topological polar surface area (TPSA) is 112 Å². The van der Waals surface area contributed by atoms with Gasteiger partial charge in [0.1, 0.15) is 0 Å². The van der Waals surface area contributed by atoms with Gasteiger partial charge in [-0.1, -0.05) is 13.3 Å². The van der Waals surface area contributed by atoms with Crippen LogP contribution in [-0.4, -0.2) is 123 Å². The van der Waals surface area contributed by atoms with Crippen molar-refractivity contribution in [2.45, 2.75) is 51.5 Å². The number of benzene rings is 1. The Bertz CT molecular complexity index is 1030. The summed E-state index contributed by atoms with van der Waals surface area (Å²) in [5.74, 6) is -0.680. The van der Waals surface area contributed by atoms with E-state index < -0.39 is 23.8 Å². The molecule has 0 aromatic heterocycles. The smallest absolute Gasteiger partial charge is 0.308 e. The van der Waals surface area contributed by atoms with Gasteiger partial charge in [-0.25, -0.2) is 0 Å². The summed E-state index contributed by atoms with van der Waals surface area (Å²) in [5, 5.41) is 10.5. The number of carboxylic acid groups (broad SMARTS) is 1. The van der Waals surface area contributed by atoms with Crippen molar-refractivity contribution in [2.75, 3.05) is 74.3 Å². The van der Waals surface area contributed by atoms with Gasteiger partial charge in [0.25, 0.3) is 0 Å². The third-order valence-electron chi connectivity index (χ3n) is 7.95. The van der Waals surface area contributed by atoms with Gasteiger partial charge in [-0.3, -0.25) is 19.3 Å². The fourth-order valence-electron chi connectivity index (χ4n) is 5.60. The van der Waals surface area contributed by atoms with Crippen LogP contribution >= 0.6 is 0 Å². The van der Waals surface area contributed by atoms with Crippen molar-refractivity contribution in [3.8, 4) is 17.2 Å². The van der Waals surface area contributed by atoms with E-state index in [2.05, 4.69) is 11.8 Å². The van der Waals surface area contributed by atoms with Crippen LogP contribution in [0.25, 0.3) is 0 Å². The highest BCUT2D eigenvalue weighted by Crippen LogP contribution is 2.47. The number of aliphatic carboxylic acids is 1. The number of methoxy groups -OCH3 is 1. The molecule has 1 N–H and O–H groups in total. The van der Waals surface area contributed by atoms with E-state index in [1.54, 1.807) is 11.9 Å². The summed E-state index contributed by atoms with van der Waals surface area (Å²) in [6.45, 7) is 6.81. The summed E-state index contributed by atoms with van der Waals surface area (Å²) in [4.78, 5) is 46.0. The molecule has 3 atom stereocenters. The highest BCUT2D eigenvalue weighted by atomic mass is 16.7. The first kappa shape index (κ1) is 31.5. The SMILES string of the molecule is CCCCN(CCCN(C)C)C(=O)CN1C[C@H](c2cc(OC)c3c(c2)OCO3)C(C(=O)O)[C@@H]1CCN(C)C(C)=O. The minimum Gasteiger partial charge on any atom is -0.493 e. The molecule has 1 saturated heterocycles. The largest absolute Gasteiger partial charge is 0.493 e. The van der Waals surface area contributed by atoms with Gasteiger partial charge in [0, 0.05) is 52.1 Å². The van der Waals surface area contributed by atoms with E-state index in [0.717, 1.165) is 31.4 Å². The van der Waals surface area contributed by atoms with E-state index in [1.165, 1.54) is 14.0 Å². The van der Waals surface area contributed by atoms with Gasteiger partial charge in [-0.05, 0) is 57.6 Å². The molecule has 0 aliphatic carbocycles. The van der Waals surface area contributed by atoms with Crippen LogP contribution in [0.5, 0.6) is 17.2 Å². The van der Waals surface area contributed by atoms with E-state index in [1.807, 2.05) is 36.0 Å². The van der Waals surface area contributed by atoms with E-state index in [4.69, 9.17) is 14.2 Å². The van der Waals surface area contributed by atoms with E-state index >= 15 is 0 Å². The monoisotopic (exact) mass is 562 g/mol. The molecule has 0 bridgehead atoms. The fraction of sp³-hybridized carbons (Fsp3) is 0.690. The van der Waals surface area contributed by atoms with E-state index in [0.29, 0.717) is 49.8 Å². The first-order valence-electron chi connectivity index (χ1n) is 14.2. The molecule has 1 fully saturated rings. The van der Waals surface area contributed by atoms with Crippen LogP contribution < -0.4 is 14.2 Å². The number of carbonyl (C=O) groups excluding carboxylic acids is 2.